The number of benzene rings is 1. The number of aliphatic hydroxyl groups is 1. The Hall–Kier alpha value is -2.28. The number of aliphatic hydroxyl groups excluding tert-OH is 1. The molecule has 1 aromatic heterocycles. The minimum atomic E-state index is -0.332. The maximum Gasteiger partial charge on any atom is 0.276 e. The van der Waals surface area contributed by atoms with Crippen molar-refractivity contribution < 1.29 is 14.3 Å². The average Bonchev–Trinajstić information content (AvgIpc) is 2.86. The summed E-state index contributed by atoms with van der Waals surface area (Å²) >= 11 is 0. The molecule has 0 fully saturated rings. The molecule has 2 rings (SSSR count). The molecule has 0 saturated carbocycles. The van der Waals surface area contributed by atoms with Crippen LogP contribution in [0.5, 0.6) is 0 Å². The van der Waals surface area contributed by atoms with Crippen LogP contribution in [-0.2, 0) is 6.54 Å². The molecule has 20 heavy (non-hydrogen) atoms. The number of amides is 1. The topological polar surface area (TPSA) is 82.1 Å². The van der Waals surface area contributed by atoms with E-state index in [0.29, 0.717) is 5.69 Å². The van der Waals surface area contributed by atoms with Gasteiger partial charge in [0.2, 0.25) is 0 Å². The molecule has 0 aliphatic heterocycles. The van der Waals surface area contributed by atoms with Gasteiger partial charge in [-0.3, -0.25) is 4.79 Å². The standard InChI is InChI=1S/C13H15FN4O2/c1-9-12(16-17-15-9)13(20)18(6-7-19)8-10-2-4-11(14)5-3-10/h2-5,19H,6-8H2,1H3,(H,15,16,17). The number of nitrogens with zero attached hydrogens (tertiary/aromatic N) is 3. The lowest BCUT2D eigenvalue weighted by Gasteiger charge is -2.21. The number of halogens is 1. The van der Waals surface area contributed by atoms with E-state index in [4.69, 9.17) is 5.11 Å². The van der Waals surface area contributed by atoms with Crippen molar-refractivity contribution in [2.75, 3.05) is 13.2 Å². The summed E-state index contributed by atoms with van der Waals surface area (Å²) in [5, 5.41) is 19.1. The van der Waals surface area contributed by atoms with Crippen LogP contribution in [0.15, 0.2) is 24.3 Å². The van der Waals surface area contributed by atoms with Crippen LogP contribution in [0, 0.1) is 12.7 Å². The fraction of sp³-hybridized carbons (Fsp3) is 0.308. The van der Waals surface area contributed by atoms with Gasteiger partial charge in [-0.2, -0.15) is 15.4 Å². The molecule has 0 spiro atoms. The minimum absolute atomic E-state index is 0.163. The van der Waals surface area contributed by atoms with E-state index in [-0.39, 0.29) is 37.1 Å². The van der Waals surface area contributed by atoms with E-state index in [1.165, 1.54) is 17.0 Å². The van der Waals surface area contributed by atoms with Gasteiger partial charge in [-0.15, -0.1) is 0 Å². The molecule has 1 aromatic carbocycles. The number of hydrogen-bond donors (Lipinski definition) is 2. The molecule has 6 nitrogen and oxygen atoms in total. The highest BCUT2D eigenvalue weighted by molar-refractivity contribution is 5.93. The normalized spacial score (nSPS) is 10.6. The predicted molar refractivity (Wildman–Crippen MR) is 69.3 cm³/mol. The fourth-order valence-corrected chi connectivity index (χ4v) is 1.82. The van der Waals surface area contributed by atoms with Crippen LogP contribution in [0.3, 0.4) is 0 Å². The van der Waals surface area contributed by atoms with Gasteiger partial charge in [-0.05, 0) is 24.6 Å². The number of H-pyrrole nitrogens is 1. The molecule has 0 radical (unpaired) electrons. The highest BCUT2D eigenvalue weighted by Gasteiger charge is 2.20. The summed E-state index contributed by atoms with van der Waals surface area (Å²) < 4.78 is 12.9. The molecular weight excluding hydrogens is 263 g/mol. The Bertz CT molecular complexity index is 582. The van der Waals surface area contributed by atoms with Crippen molar-refractivity contribution in [2.24, 2.45) is 0 Å². The van der Waals surface area contributed by atoms with Gasteiger partial charge in [-0.1, -0.05) is 12.1 Å². The Morgan fingerprint density at radius 2 is 2.05 bits per heavy atom. The van der Waals surface area contributed by atoms with Crippen molar-refractivity contribution in [3.63, 3.8) is 0 Å². The smallest absolute Gasteiger partial charge is 0.276 e. The molecule has 0 saturated heterocycles. The Labute approximate surface area is 115 Å². The third-order valence-electron chi connectivity index (χ3n) is 2.87. The zero-order chi connectivity index (χ0) is 14.5. The molecule has 106 valence electrons. The number of rotatable bonds is 5. The maximum atomic E-state index is 12.9. The zero-order valence-corrected chi connectivity index (χ0v) is 11.0. The summed E-state index contributed by atoms with van der Waals surface area (Å²) in [6.45, 7) is 1.95. The number of carbonyl (C=O) groups excluding carboxylic acids is 1. The van der Waals surface area contributed by atoms with Gasteiger partial charge < -0.3 is 10.0 Å². The number of nitrogens with one attached hydrogen (secondary N) is 1. The lowest BCUT2D eigenvalue weighted by molar-refractivity contribution is 0.0701. The minimum Gasteiger partial charge on any atom is -0.395 e. The Morgan fingerprint density at radius 3 is 2.60 bits per heavy atom. The molecule has 2 N–H and O–H groups in total. The Balaban J connectivity index is 2.16. The van der Waals surface area contributed by atoms with Gasteiger partial charge >= 0.3 is 0 Å². The van der Waals surface area contributed by atoms with Crippen molar-refractivity contribution in [2.45, 2.75) is 13.5 Å². The second-order valence-corrected chi connectivity index (χ2v) is 4.33. The van der Waals surface area contributed by atoms with E-state index in [1.807, 2.05) is 0 Å². The first-order valence-corrected chi connectivity index (χ1v) is 6.13. The molecule has 1 amide bonds. The van der Waals surface area contributed by atoms with Crippen molar-refractivity contribution >= 4 is 5.91 Å². The Kier molecular flexibility index (Phi) is 4.41. The largest absolute Gasteiger partial charge is 0.395 e. The van der Waals surface area contributed by atoms with E-state index in [9.17, 15) is 9.18 Å². The van der Waals surface area contributed by atoms with Crippen LogP contribution in [0.2, 0.25) is 0 Å². The predicted octanol–water partition coefficient (Wildman–Crippen LogP) is 0.887. The van der Waals surface area contributed by atoms with Gasteiger partial charge in [0, 0.05) is 13.1 Å². The van der Waals surface area contributed by atoms with E-state index in [0.717, 1.165) is 5.56 Å². The van der Waals surface area contributed by atoms with Gasteiger partial charge in [0.15, 0.2) is 5.69 Å². The summed E-state index contributed by atoms with van der Waals surface area (Å²) in [6.07, 6.45) is 0. The molecule has 0 unspecified atom stereocenters. The van der Waals surface area contributed by atoms with Crippen molar-refractivity contribution in [3.05, 3.63) is 47.0 Å². The highest BCUT2D eigenvalue weighted by atomic mass is 19.1. The van der Waals surface area contributed by atoms with Crippen molar-refractivity contribution in [1.82, 2.24) is 20.3 Å². The maximum absolute atomic E-state index is 12.9. The van der Waals surface area contributed by atoms with E-state index >= 15 is 0 Å². The molecular formula is C13H15FN4O2. The lowest BCUT2D eigenvalue weighted by Crippen LogP contribution is -2.33. The molecule has 1 heterocycles. The number of aryl methyl sites for hydroxylation is 1. The van der Waals surface area contributed by atoms with Crippen LogP contribution in [0.4, 0.5) is 4.39 Å². The zero-order valence-electron chi connectivity index (χ0n) is 11.0. The van der Waals surface area contributed by atoms with E-state index < -0.39 is 0 Å². The quantitative estimate of drug-likeness (QED) is 0.851. The van der Waals surface area contributed by atoms with Crippen molar-refractivity contribution in [3.8, 4) is 0 Å². The molecule has 2 aromatic rings. The van der Waals surface area contributed by atoms with Crippen molar-refractivity contribution in [1.29, 1.82) is 0 Å². The van der Waals surface area contributed by atoms with Gasteiger partial charge in [0.05, 0.1) is 12.3 Å². The van der Waals surface area contributed by atoms with Crippen LogP contribution in [-0.4, -0.2) is 44.5 Å². The van der Waals surface area contributed by atoms with Crippen LogP contribution < -0.4 is 0 Å². The third kappa shape index (κ3) is 3.18. The van der Waals surface area contributed by atoms with Crippen LogP contribution >= 0.6 is 0 Å². The number of aromatic amines is 1. The van der Waals surface area contributed by atoms with E-state index in [2.05, 4.69) is 15.4 Å². The Morgan fingerprint density at radius 1 is 1.35 bits per heavy atom. The molecule has 0 aliphatic rings. The van der Waals surface area contributed by atoms with E-state index in [1.54, 1.807) is 19.1 Å². The first kappa shape index (κ1) is 14.1. The van der Waals surface area contributed by atoms with Crippen LogP contribution in [0.1, 0.15) is 21.7 Å². The monoisotopic (exact) mass is 278 g/mol. The molecule has 7 heteroatoms. The fourth-order valence-electron chi connectivity index (χ4n) is 1.82. The summed E-state index contributed by atoms with van der Waals surface area (Å²) in [7, 11) is 0. The SMILES string of the molecule is Cc1n[nH]nc1C(=O)N(CCO)Cc1ccc(F)cc1. The lowest BCUT2D eigenvalue weighted by atomic mass is 10.2. The summed E-state index contributed by atoms with van der Waals surface area (Å²) in [5.74, 6) is -0.657. The first-order chi connectivity index (χ1) is 9.61. The van der Waals surface area contributed by atoms with Gasteiger partial charge in [-0.25, -0.2) is 4.39 Å². The summed E-state index contributed by atoms with van der Waals surface area (Å²) in [5.41, 5.74) is 1.49. The third-order valence-corrected chi connectivity index (χ3v) is 2.87. The second kappa shape index (κ2) is 6.25. The van der Waals surface area contributed by atoms with Gasteiger partial charge in [0.1, 0.15) is 5.82 Å². The average molecular weight is 278 g/mol. The first-order valence-electron chi connectivity index (χ1n) is 6.13. The molecule has 0 aliphatic carbocycles. The summed E-state index contributed by atoms with van der Waals surface area (Å²) in [6, 6.07) is 5.86. The summed E-state index contributed by atoms with van der Waals surface area (Å²) in [4.78, 5) is 13.7. The van der Waals surface area contributed by atoms with Crippen LogP contribution in [0.25, 0.3) is 0 Å². The second-order valence-electron chi connectivity index (χ2n) is 4.33. The molecule has 0 atom stereocenters. The number of aromatic nitrogens is 3. The molecule has 0 bridgehead atoms. The number of hydrogen-bond acceptors (Lipinski definition) is 4. The number of carbonyl (C=O) groups is 1. The highest BCUT2D eigenvalue weighted by Crippen LogP contribution is 2.10. The van der Waals surface area contributed by atoms with Gasteiger partial charge in [0.25, 0.3) is 5.91 Å².